The summed E-state index contributed by atoms with van der Waals surface area (Å²) >= 11 is 1.00. The van der Waals surface area contributed by atoms with Crippen LogP contribution in [0.15, 0.2) is 22.7 Å². The van der Waals surface area contributed by atoms with Crippen LogP contribution >= 0.6 is 11.8 Å². The first-order chi connectivity index (χ1) is 13.4. The Bertz CT molecular complexity index is 1050. The summed E-state index contributed by atoms with van der Waals surface area (Å²) in [5, 5.41) is 31.0. The summed E-state index contributed by atoms with van der Waals surface area (Å²) in [6.07, 6.45) is 0.942. The number of fused-ring (bicyclic) bond motifs is 1. The summed E-state index contributed by atoms with van der Waals surface area (Å²) in [4.78, 5) is 27.1. The molecule has 1 aliphatic heterocycles. The molecular formula is C14H16N8O5S. The fourth-order valence-corrected chi connectivity index (χ4v) is 3.95. The topological polar surface area (TPSA) is 180 Å². The zero-order valence-corrected chi connectivity index (χ0v) is 15.4. The number of aliphatic hydroxyl groups is 2. The summed E-state index contributed by atoms with van der Waals surface area (Å²) in [6, 6.07) is 0. The number of nitrogens with two attached hydrogens (primary N) is 1. The number of aryl methyl sites for hydroxylation is 1. The van der Waals surface area contributed by atoms with Crippen LogP contribution in [0.25, 0.3) is 11.2 Å². The van der Waals surface area contributed by atoms with E-state index in [0.717, 1.165) is 11.8 Å². The maximum Gasteiger partial charge on any atom is 0.396 e. The van der Waals surface area contributed by atoms with Crippen molar-refractivity contribution in [1.82, 2.24) is 29.1 Å². The second-order valence-corrected chi connectivity index (χ2v) is 7.15. The van der Waals surface area contributed by atoms with Crippen LogP contribution < -0.4 is 5.73 Å². The van der Waals surface area contributed by atoms with Crippen LogP contribution in [-0.2, 0) is 11.8 Å². The van der Waals surface area contributed by atoms with Crippen molar-refractivity contribution in [2.75, 3.05) is 12.3 Å². The number of nitrogens with zero attached hydrogens (tertiary/aromatic N) is 7. The average molecular weight is 408 g/mol. The molecule has 4 N–H and O–H groups in total. The highest BCUT2D eigenvalue weighted by Gasteiger charge is 2.35. The molecule has 3 aromatic rings. The third-order valence-electron chi connectivity index (χ3n) is 4.33. The molecule has 4 heterocycles. The fraction of sp³-hybridized carbons (Fsp3) is 0.429. The zero-order chi connectivity index (χ0) is 20.0. The highest BCUT2D eigenvalue weighted by molar-refractivity contribution is 7.99. The van der Waals surface area contributed by atoms with Crippen LogP contribution in [0.5, 0.6) is 0 Å². The van der Waals surface area contributed by atoms with Gasteiger partial charge in [0, 0.05) is 13.5 Å². The second-order valence-electron chi connectivity index (χ2n) is 6.17. The van der Waals surface area contributed by atoms with Crippen LogP contribution in [-0.4, -0.2) is 63.0 Å². The number of anilines is 1. The van der Waals surface area contributed by atoms with E-state index in [9.17, 15) is 20.3 Å². The molecule has 4 rings (SSSR count). The van der Waals surface area contributed by atoms with Gasteiger partial charge in [-0.3, -0.25) is 4.57 Å². The normalized spacial score (nSPS) is 22.2. The van der Waals surface area contributed by atoms with Gasteiger partial charge in [0.25, 0.3) is 0 Å². The molecule has 148 valence electrons. The molecule has 1 fully saturated rings. The van der Waals surface area contributed by atoms with Crippen LogP contribution in [0.3, 0.4) is 0 Å². The van der Waals surface area contributed by atoms with E-state index in [4.69, 9.17) is 10.5 Å². The molecule has 0 bridgehead atoms. The summed E-state index contributed by atoms with van der Waals surface area (Å²) in [5.41, 5.74) is 6.57. The van der Waals surface area contributed by atoms with Crippen LogP contribution in [0.2, 0.25) is 0 Å². The second kappa shape index (κ2) is 6.97. The van der Waals surface area contributed by atoms with Crippen molar-refractivity contribution in [3.8, 4) is 0 Å². The van der Waals surface area contributed by atoms with Gasteiger partial charge in [0.15, 0.2) is 10.7 Å². The van der Waals surface area contributed by atoms with E-state index >= 15 is 0 Å². The van der Waals surface area contributed by atoms with Crippen LogP contribution in [0, 0.1) is 10.1 Å². The van der Waals surface area contributed by atoms with Crippen molar-refractivity contribution in [3.05, 3.63) is 22.8 Å². The minimum Gasteiger partial charge on any atom is -0.394 e. The monoisotopic (exact) mass is 408 g/mol. The van der Waals surface area contributed by atoms with Crippen molar-refractivity contribution in [2.45, 2.75) is 34.9 Å². The lowest BCUT2D eigenvalue weighted by Gasteiger charge is -2.13. The maximum atomic E-state index is 11.2. The van der Waals surface area contributed by atoms with Crippen molar-refractivity contribution >= 4 is 34.7 Å². The molecule has 0 saturated carbocycles. The van der Waals surface area contributed by atoms with Gasteiger partial charge in [-0.1, -0.05) is 0 Å². The molecule has 3 aromatic heterocycles. The average Bonchev–Trinajstić information content (AvgIpc) is 3.32. The van der Waals surface area contributed by atoms with Gasteiger partial charge in [-0.05, 0) is 21.7 Å². The van der Waals surface area contributed by atoms with Crippen molar-refractivity contribution < 1.29 is 19.9 Å². The number of aromatic nitrogens is 6. The summed E-state index contributed by atoms with van der Waals surface area (Å²) < 4.78 is 8.74. The van der Waals surface area contributed by atoms with Gasteiger partial charge in [-0.15, -0.1) is 0 Å². The highest BCUT2D eigenvalue weighted by atomic mass is 32.2. The van der Waals surface area contributed by atoms with Gasteiger partial charge in [-0.2, -0.15) is 4.98 Å². The lowest BCUT2D eigenvalue weighted by atomic mass is 10.2. The van der Waals surface area contributed by atoms with Gasteiger partial charge < -0.3 is 35.4 Å². The number of aliphatic hydroxyl groups excluding tert-OH is 2. The Morgan fingerprint density at radius 3 is 2.89 bits per heavy atom. The molecule has 0 aliphatic carbocycles. The van der Waals surface area contributed by atoms with Gasteiger partial charge in [0.1, 0.15) is 22.9 Å². The van der Waals surface area contributed by atoms with Gasteiger partial charge in [-0.25, -0.2) is 9.97 Å². The SMILES string of the molecule is Cn1cnc([N+](=O)[O-])c1Sc1nc(N)nc2c1ncn2[C@H]1C[C@H](O)[C@@H](CO)O1. The fourth-order valence-electron chi connectivity index (χ4n) is 2.98. The molecule has 1 saturated heterocycles. The highest BCUT2D eigenvalue weighted by Crippen LogP contribution is 2.37. The molecule has 0 amide bonds. The third-order valence-corrected chi connectivity index (χ3v) is 5.47. The Morgan fingerprint density at radius 2 is 2.21 bits per heavy atom. The van der Waals surface area contributed by atoms with E-state index in [0.29, 0.717) is 16.2 Å². The molecular weight excluding hydrogens is 392 g/mol. The lowest BCUT2D eigenvalue weighted by molar-refractivity contribution is -0.392. The number of imidazole rings is 2. The zero-order valence-electron chi connectivity index (χ0n) is 14.5. The van der Waals surface area contributed by atoms with Crippen LogP contribution in [0.4, 0.5) is 11.8 Å². The largest absolute Gasteiger partial charge is 0.396 e. The van der Waals surface area contributed by atoms with E-state index in [1.165, 1.54) is 17.2 Å². The number of hydrogen-bond donors (Lipinski definition) is 3. The minimum absolute atomic E-state index is 0.0428. The van der Waals surface area contributed by atoms with Gasteiger partial charge >= 0.3 is 5.82 Å². The number of ether oxygens (including phenoxy) is 1. The van der Waals surface area contributed by atoms with E-state index < -0.39 is 23.4 Å². The Labute approximate surface area is 161 Å². The smallest absolute Gasteiger partial charge is 0.394 e. The molecule has 13 nitrogen and oxygen atoms in total. The molecule has 1 aliphatic rings. The summed E-state index contributed by atoms with van der Waals surface area (Å²) in [7, 11) is 1.63. The van der Waals surface area contributed by atoms with E-state index in [2.05, 4.69) is 19.9 Å². The number of rotatable bonds is 5. The van der Waals surface area contributed by atoms with Crippen molar-refractivity contribution in [3.63, 3.8) is 0 Å². The number of hydrogen-bond acceptors (Lipinski definition) is 11. The summed E-state index contributed by atoms with van der Waals surface area (Å²) in [5.74, 6) is -0.343. The third kappa shape index (κ3) is 3.05. The molecule has 3 atom stereocenters. The molecule has 0 radical (unpaired) electrons. The minimum atomic E-state index is -0.822. The van der Waals surface area contributed by atoms with E-state index in [1.54, 1.807) is 11.6 Å². The summed E-state index contributed by atoms with van der Waals surface area (Å²) in [6.45, 7) is -0.313. The first-order valence-corrected chi connectivity index (χ1v) is 8.98. The molecule has 28 heavy (non-hydrogen) atoms. The standard InChI is InChI=1S/C14H16N8O5S/c1-20-4-17-11(22(25)26)13(20)28-12-9-10(18-14(15)19-12)21(5-16-9)8-2-6(24)7(3-23)27-8/h4-8,23-24H,2-3H2,1H3,(H2,15,18,19)/t6-,7+,8+/m0/s1. The van der Waals surface area contributed by atoms with Crippen molar-refractivity contribution in [2.24, 2.45) is 7.05 Å². The maximum absolute atomic E-state index is 11.2. The Balaban J connectivity index is 1.75. The van der Waals surface area contributed by atoms with Crippen molar-refractivity contribution in [1.29, 1.82) is 0 Å². The van der Waals surface area contributed by atoms with E-state index in [1.807, 2.05) is 0 Å². The Morgan fingerprint density at radius 1 is 1.43 bits per heavy atom. The Kier molecular flexibility index (Phi) is 4.62. The van der Waals surface area contributed by atoms with E-state index in [-0.39, 0.29) is 29.8 Å². The molecule has 14 heteroatoms. The quantitative estimate of drug-likeness (QED) is 0.290. The molecule has 0 aromatic carbocycles. The van der Waals surface area contributed by atoms with Gasteiger partial charge in [0.2, 0.25) is 12.3 Å². The number of nitrogen functional groups attached to an aromatic ring is 1. The van der Waals surface area contributed by atoms with Crippen LogP contribution in [0.1, 0.15) is 12.6 Å². The molecule has 0 spiro atoms. The lowest BCUT2D eigenvalue weighted by Crippen LogP contribution is -2.24. The first kappa shape index (κ1) is 18.5. The Hall–Kier alpha value is -2.81. The predicted octanol–water partition coefficient (Wildman–Crippen LogP) is -0.158. The van der Waals surface area contributed by atoms with Gasteiger partial charge in [0.05, 0.1) is 19.0 Å². The molecule has 0 unspecified atom stereocenters. The first-order valence-electron chi connectivity index (χ1n) is 8.17. The number of nitro groups is 1. The predicted molar refractivity (Wildman–Crippen MR) is 95.3 cm³/mol.